The molecule has 1 N–H and O–H groups in total. The zero-order valence-corrected chi connectivity index (χ0v) is 20.5. The minimum Gasteiger partial charge on any atom is -0.304 e. The molecule has 11 heteroatoms. The van der Waals surface area contributed by atoms with E-state index in [-0.39, 0.29) is 22.9 Å². The van der Waals surface area contributed by atoms with Gasteiger partial charge in [0, 0.05) is 28.9 Å². The monoisotopic (exact) mass is 524 g/mol. The molecule has 0 aliphatic carbocycles. The van der Waals surface area contributed by atoms with Crippen LogP contribution in [0.25, 0.3) is 16.9 Å². The van der Waals surface area contributed by atoms with Gasteiger partial charge in [-0.3, -0.25) is 9.48 Å². The lowest BCUT2D eigenvalue weighted by atomic mass is 10.0. The van der Waals surface area contributed by atoms with Gasteiger partial charge in [0.1, 0.15) is 0 Å². The Bertz CT molecular complexity index is 1640. The van der Waals surface area contributed by atoms with Crippen molar-refractivity contribution in [2.24, 2.45) is 0 Å². The molecule has 188 valence electrons. The molecule has 0 atom stereocenters. The van der Waals surface area contributed by atoms with Gasteiger partial charge in [0.25, 0.3) is 5.91 Å². The van der Waals surface area contributed by atoms with E-state index < -0.39 is 17.8 Å². The number of aromatic nitrogens is 5. The Hall–Kier alpha value is -4.18. The van der Waals surface area contributed by atoms with Crippen LogP contribution in [0.4, 0.5) is 19.0 Å². The van der Waals surface area contributed by atoms with Crippen molar-refractivity contribution in [3.05, 3.63) is 100.0 Å². The van der Waals surface area contributed by atoms with E-state index in [9.17, 15) is 18.0 Å². The highest BCUT2D eigenvalue weighted by Gasteiger charge is 2.35. The number of nitrogens with zero attached hydrogens (tertiary/aromatic N) is 5. The van der Waals surface area contributed by atoms with Crippen LogP contribution in [0.1, 0.15) is 32.9 Å². The quantitative estimate of drug-likeness (QED) is 0.298. The molecule has 37 heavy (non-hydrogen) atoms. The van der Waals surface area contributed by atoms with E-state index in [1.165, 1.54) is 6.07 Å². The van der Waals surface area contributed by atoms with Crippen molar-refractivity contribution in [3.8, 4) is 11.3 Å². The lowest BCUT2D eigenvalue weighted by Gasteiger charge is -2.11. The molecule has 0 spiro atoms. The fourth-order valence-corrected chi connectivity index (χ4v) is 4.03. The average molecular weight is 525 g/mol. The molecule has 7 nitrogen and oxygen atoms in total. The summed E-state index contributed by atoms with van der Waals surface area (Å²) in [6.07, 6.45) is -3.06. The van der Waals surface area contributed by atoms with E-state index in [1.54, 1.807) is 35.1 Å². The minimum absolute atomic E-state index is 0.0996. The number of rotatable bonds is 5. The molecule has 0 radical (unpaired) electrons. The number of amides is 1. The van der Waals surface area contributed by atoms with Gasteiger partial charge in [-0.25, -0.2) is 9.50 Å². The first-order valence-electron chi connectivity index (χ1n) is 11.2. The lowest BCUT2D eigenvalue weighted by molar-refractivity contribution is -0.142. The first-order valence-corrected chi connectivity index (χ1v) is 11.6. The molecule has 0 unspecified atom stereocenters. The van der Waals surface area contributed by atoms with Crippen LogP contribution in [0.3, 0.4) is 0 Å². The number of anilines is 1. The predicted octanol–water partition coefficient (Wildman–Crippen LogP) is 6.18. The van der Waals surface area contributed by atoms with Gasteiger partial charge < -0.3 is 5.32 Å². The molecule has 1 amide bonds. The molecular weight excluding hydrogens is 505 g/mol. The molecule has 0 bridgehead atoms. The number of hydrogen-bond acceptors (Lipinski definition) is 4. The largest absolute Gasteiger partial charge is 0.433 e. The van der Waals surface area contributed by atoms with Crippen LogP contribution >= 0.6 is 11.6 Å². The summed E-state index contributed by atoms with van der Waals surface area (Å²) in [6, 6.07) is 16.3. The van der Waals surface area contributed by atoms with Crippen molar-refractivity contribution in [2.45, 2.75) is 26.6 Å². The Kier molecular flexibility index (Phi) is 6.20. The maximum Gasteiger partial charge on any atom is 0.433 e. The molecule has 0 aliphatic heterocycles. The Labute approximate surface area is 214 Å². The minimum atomic E-state index is -4.72. The van der Waals surface area contributed by atoms with Crippen molar-refractivity contribution < 1.29 is 18.0 Å². The van der Waals surface area contributed by atoms with Crippen LogP contribution in [0.15, 0.2) is 66.9 Å². The fourth-order valence-electron chi connectivity index (χ4n) is 3.83. The molecule has 5 rings (SSSR count). The lowest BCUT2D eigenvalue weighted by Crippen LogP contribution is -2.16. The highest BCUT2D eigenvalue weighted by Crippen LogP contribution is 2.33. The highest BCUT2D eigenvalue weighted by molar-refractivity contribution is 6.31. The molecule has 0 fully saturated rings. The summed E-state index contributed by atoms with van der Waals surface area (Å²) in [5, 5.41) is 11.3. The number of alkyl halides is 3. The van der Waals surface area contributed by atoms with E-state index in [0.29, 0.717) is 21.6 Å². The Morgan fingerprint density at radius 1 is 1.00 bits per heavy atom. The molecule has 0 aliphatic rings. The Morgan fingerprint density at radius 3 is 2.51 bits per heavy atom. The van der Waals surface area contributed by atoms with E-state index in [2.05, 4.69) is 20.5 Å². The fraction of sp³-hybridized carbons (Fsp3) is 0.154. The number of hydrogen-bond donors (Lipinski definition) is 1. The third-order valence-electron chi connectivity index (χ3n) is 5.93. The Morgan fingerprint density at radius 2 is 1.78 bits per heavy atom. The normalized spacial score (nSPS) is 11.7. The summed E-state index contributed by atoms with van der Waals surface area (Å²) in [6.45, 7) is 4.17. The van der Waals surface area contributed by atoms with Gasteiger partial charge in [-0.2, -0.15) is 23.4 Å². The zero-order valence-electron chi connectivity index (χ0n) is 19.7. The number of carbonyl (C=O) groups excluding carboxylic acids is 1. The zero-order chi connectivity index (χ0) is 26.3. The van der Waals surface area contributed by atoms with E-state index in [0.717, 1.165) is 22.8 Å². The number of halogens is 4. The van der Waals surface area contributed by atoms with E-state index in [1.807, 2.05) is 38.1 Å². The first-order chi connectivity index (χ1) is 17.6. The van der Waals surface area contributed by atoms with Crippen LogP contribution < -0.4 is 5.32 Å². The maximum atomic E-state index is 13.9. The predicted molar refractivity (Wildman–Crippen MR) is 134 cm³/mol. The molecule has 5 aromatic rings. The third kappa shape index (κ3) is 5.05. The second-order valence-electron chi connectivity index (χ2n) is 8.57. The van der Waals surface area contributed by atoms with E-state index in [4.69, 9.17) is 11.6 Å². The van der Waals surface area contributed by atoms with Gasteiger partial charge in [0.05, 0.1) is 12.2 Å². The van der Waals surface area contributed by atoms with Crippen LogP contribution in [0.5, 0.6) is 0 Å². The summed E-state index contributed by atoms with van der Waals surface area (Å²) in [7, 11) is 0. The first kappa shape index (κ1) is 24.5. The summed E-state index contributed by atoms with van der Waals surface area (Å²) >= 11 is 6.19. The van der Waals surface area contributed by atoms with Crippen LogP contribution in [0.2, 0.25) is 5.02 Å². The third-order valence-corrected chi connectivity index (χ3v) is 6.29. The Balaban J connectivity index is 1.44. The van der Waals surface area contributed by atoms with Crippen molar-refractivity contribution in [3.63, 3.8) is 0 Å². The number of carbonyl (C=O) groups is 1. The maximum absolute atomic E-state index is 13.9. The second kappa shape index (κ2) is 9.36. The van der Waals surface area contributed by atoms with Gasteiger partial charge in [-0.15, -0.1) is 0 Å². The van der Waals surface area contributed by atoms with Gasteiger partial charge in [-0.1, -0.05) is 41.9 Å². The highest BCUT2D eigenvalue weighted by atomic mass is 35.5. The SMILES string of the molecule is Cc1ccc(-c2cc(C(F)(F)F)n3nc(C(=O)Nc4ccn(Cc5ccccc5Cl)n4)cc3n2)cc1C. The topological polar surface area (TPSA) is 77.1 Å². The van der Waals surface area contributed by atoms with Crippen LogP contribution in [-0.4, -0.2) is 30.3 Å². The standard InChI is InChI=1S/C26H20ClF3N6O/c1-15-7-8-17(11-16(15)2)20-12-22(26(28,29)30)36-24(31-20)13-21(33-36)25(37)32-23-9-10-35(34-23)14-18-5-3-4-6-19(18)27/h3-13H,14H2,1-2H3,(H,32,34,37). The van der Waals surface area contributed by atoms with Gasteiger partial charge >= 0.3 is 6.18 Å². The summed E-state index contributed by atoms with van der Waals surface area (Å²) in [4.78, 5) is 17.2. The number of fused-ring (bicyclic) bond motifs is 1. The summed E-state index contributed by atoms with van der Waals surface area (Å²) in [5.41, 5.74) is 2.09. The number of nitrogens with one attached hydrogen (secondary N) is 1. The van der Waals surface area contributed by atoms with Crippen molar-refractivity contribution >= 4 is 29.0 Å². The average Bonchev–Trinajstić information content (AvgIpc) is 3.47. The molecular formula is C26H20ClF3N6O. The second-order valence-corrected chi connectivity index (χ2v) is 8.97. The van der Waals surface area contributed by atoms with Crippen molar-refractivity contribution in [2.75, 3.05) is 5.32 Å². The van der Waals surface area contributed by atoms with Gasteiger partial charge in [0.2, 0.25) is 0 Å². The van der Waals surface area contributed by atoms with Crippen LogP contribution in [-0.2, 0) is 12.7 Å². The van der Waals surface area contributed by atoms with Gasteiger partial charge in [-0.05, 0) is 48.7 Å². The van der Waals surface area contributed by atoms with Gasteiger partial charge in [0.15, 0.2) is 22.9 Å². The molecule has 2 aromatic carbocycles. The molecule has 0 saturated heterocycles. The van der Waals surface area contributed by atoms with E-state index >= 15 is 0 Å². The van der Waals surface area contributed by atoms with Crippen molar-refractivity contribution in [1.29, 1.82) is 0 Å². The number of aryl methyl sites for hydroxylation is 2. The smallest absolute Gasteiger partial charge is 0.304 e. The molecule has 3 aromatic heterocycles. The molecule has 0 saturated carbocycles. The number of benzene rings is 2. The van der Waals surface area contributed by atoms with Crippen LogP contribution in [0, 0.1) is 13.8 Å². The summed E-state index contributed by atoms with van der Waals surface area (Å²) in [5.74, 6) is -0.497. The van der Waals surface area contributed by atoms with Crippen molar-refractivity contribution in [1.82, 2.24) is 24.4 Å². The molecule has 3 heterocycles. The summed E-state index contributed by atoms with van der Waals surface area (Å²) < 4.78 is 44.0.